The quantitative estimate of drug-likeness (QED) is 0.616. The van der Waals surface area contributed by atoms with Crippen LogP contribution in [0, 0.1) is 5.92 Å². The number of ether oxygens (including phenoxy) is 2. The largest absolute Gasteiger partial charge is 0.485 e. The molecular formula is C22H25NO3. The monoisotopic (exact) mass is 351 g/mol. The van der Waals surface area contributed by atoms with E-state index >= 15 is 0 Å². The maximum absolute atomic E-state index is 11.6. The number of aryl methyl sites for hydroxylation is 1. The number of piperidine rings is 1. The summed E-state index contributed by atoms with van der Waals surface area (Å²) in [6, 6.07) is 16.3. The van der Waals surface area contributed by atoms with Crippen molar-refractivity contribution < 1.29 is 14.3 Å². The average Bonchev–Trinajstić information content (AvgIpc) is 2.66. The molecule has 26 heavy (non-hydrogen) atoms. The number of carbonyl (C=O) groups excluding carboxylic acids is 1. The van der Waals surface area contributed by atoms with Crippen LogP contribution in [0.25, 0.3) is 0 Å². The van der Waals surface area contributed by atoms with Gasteiger partial charge in [0.1, 0.15) is 17.6 Å². The first-order valence-electron chi connectivity index (χ1n) is 9.43. The van der Waals surface area contributed by atoms with Crippen molar-refractivity contribution in [3.05, 3.63) is 59.7 Å². The van der Waals surface area contributed by atoms with Crippen molar-refractivity contribution in [3.8, 4) is 11.5 Å². The molecule has 0 amide bonds. The number of fused-ring (bicyclic) bond motifs is 1. The van der Waals surface area contributed by atoms with E-state index in [0.29, 0.717) is 18.1 Å². The van der Waals surface area contributed by atoms with Gasteiger partial charge in [0, 0.05) is 18.5 Å². The number of rotatable bonds is 4. The molecule has 0 radical (unpaired) electrons. The van der Waals surface area contributed by atoms with E-state index in [4.69, 9.17) is 9.47 Å². The Morgan fingerprint density at radius 2 is 2.00 bits per heavy atom. The lowest BCUT2D eigenvalue weighted by molar-refractivity contribution is -0.135. The Labute approximate surface area is 154 Å². The van der Waals surface area contributed by atoms with Gasteiger partial charge < -0.3 is 14.4 Å². The van der Waals surface area contributed by atoms with E-state index in [0.717, 1.165) is 37.2 Å². The van der Waals surface area contributed by atoms with Gasteiger partial charge in [0.15, 0.2) is 0 Å². The first-order valence-corrected chi connectivity index (χ1v) is 9.43. The summed E-state index contributed by atoms with van der Waals surface area (Å²) in [5.74, 6) is 1.68. The second kappa shape index (κ2) is 7.50. The number of hydrogen-bond donors (Lipinski definition) is 0. The van der Waals surface area contributed by atoms with Crippen molar-refractivity contribution in [2.24, 2.45) is 5.92 Å². The van der Waals surface area contributed by atoms with Gasteiger partial charge in [-0.05, 0) is 50.0 Å². The van der Waals surface area contributed by atoms with Crippen molar-refractivity contribution in [2.45, 2.75) is 31.8 Å². The third kappa shape index (κ3) is 3.75. The van der Waals surface area contributed by atoms with E-state index in [1.165, 1.54) is 12.0 Å². The molecule has 0 aromatic heterocycles. The molecule has 0 N–H and O–H groups in total. The van der Waals surface area contributed by atoms with E-state index in [2.05, 4.69) is 36.2 Å². The van der Waals surface area contributed by atoms with Crippen LogP contribution >= 0.6 is 0 Å². The van der Waals surface area contributed by atoms with Crippen molar-refractivity contribution in [1.82, 2.24) is 4.90 Å². The summed E-state index contributed by atoms with van der Waals surface area (Å²) in [6.07, 6.45) is 3.54. The Morgan fingerprint density at radius 1 is 1.15 bits per heavy atom. The standard InChI is InChI=1S/C22H25NO3/c1-23-13-5-8-18(15-23)22(17-6-3-2-4-7-17)25-19-11-9-16-10-12-21(24)26-20(16)14-19/h2-4,6-7,9,11,14,18,22H,5,8,10,12-13,15H2,1H3. The van der Waals surface area contributed by atoms with Gasteiger partial charge in [0.05, 0.1) is 6.42 Å². The zero-order chi connectivity index (χ0) is 17.9. The molecule has 2 atom stereocenters. The second-order valence-electron chi connectivity index (χ2n) is 7.36. The van der Waals surface area contributed by atoms with Gasteiger partial charge in [0.25, 0.3) is 0 Å². The molecule has 4 rings (SSSR count). The number of benzene rings is 2. The first kappa shape index (κ1) is 17.1. The predicted molar refractivity (Wildman–Crippen MR) is 100 cm³/mol. The molecule has 0 aliphatic carbocycles. The Kier molecular flexibility index (Phi) is 4.93. The van der Waals surface area contributed by atoms with Crippen molar-refractivity contribution in [2.75, 3.05) is 20.1 Å². The van der Waals surface area contributed by atoms with Crippen LogP contribution in [0.2, 0.25) is 0 Å². The van der Waals surface area contributed by atoms with E-state index in [1.807, 2.05) is 24.3 Å². The van der Waals surface area contributed by atoms with Crippen LogP contribution in [-0.2, 0) is 11.2 Å². The van der Waals surface area contributed by atoms with Crippen LogP contribution in [-0.4, -0.2) is 31.0 Å². The Hall–Kier alpha value is -2.33. The fourth-order valence-corrected chi connectivity index (χ4v) is 4.00. The molecular weight excluding hydrogens is 326 g/mol. The van der Waals surface area contributed by atoms with Crippen LogP contribution in [0.4, 0.5) is 0 Å². The molecule has 2 unspecified atom stereocenters. The molecule has 1 saturated heterocycles. The minimum atomic E-state index is -0.164. The van der Waals surface area contributed by atoms with E-state index in [1.54, 1.807) is 0 Å². The summed E-state index contributed by atoms with van der Waals surface area (Å²) in [5, 5.41) is 0. The van der Waals surface area contributed by atoms with Crippen LogP contribution in [0.3, 0.4) is 0 Å². The summed E-state index contributed by atoms with van der Waals surface area (Å²) < 4.78 is 11.9. The van der Waals surface area contributed by atoms with Gasteiger partial charge in [-0.2, -0.15) is 0 Å². The second-order valence-corrected chi connectivity index (χ2v) is 7.36. The lowest BCUT2D eigenvalue weighted by Gasteiger charge is -2.35. The molecule has 2 aliphatic heterocycles. The van der Waals surface area contributed by atoms with Crippen molar-refractivity contribution in [3.63, 3.8) is 0 Å². The predicted octanol–water partition coefficient (Wildman–Crippen LogP) is 4.00. The molecule has 2 heterocycles. The number of likely N-dealkylation sites (tertiary alicyclic amines) is 1. The smallest absolute Gasteiger partial charge is 0.311 e. The highest BCUT2D eigenvalue weighted by Gasteiger charge is 2.29. The number of nitrogens with zero attached hydrogens (tertiary/aromatic N) is 1. The van der Waals surface area contributed by atoms with Gasteiger partial charge >= 0.3 is 5.97 Å². The minimum Gasteiger partial charge on any atom is -0.485 e. The van der Waals surface area contributed by atoms with Crippen LogP contribution in [0.15, 0.2) is 48.5 Å². The molecule has 4 heteroatoms. The summed E-state index contributed by atoms with van der Waals surface area (Å²) >= 11 is 0. The molecule has 2 aromatic carbocycles. The Balaban J connectivity index is 1.60. The SMILES string of the molecule is CN1CCCC(C(Oc2ccc3c(c2)OC(=O)CC3)c2ccccc2)C1. The molecule has 1 fully saturated rings. The van der Waals surface area contributed by atoms with Crippen molar-refractivity contribution in [1.29, 1.82) is 0 Å². The molecule has 0 saturated carbocycles. The maximum atomic E-state index is 11.6. The molecule has 4 nitrogen and oxygen atoms in total. The molecule has 0 bridgehead atoms. The van der Waals surface area contributed by atoms with Crippen molar-refractivity contribution >= 4 is 5.97 Å². The Morgan fingerprint density at radius 3 is 2.81 bits per heavy atom. The average molecular weight is 351 g/mol. The highest BCUT2D eigenvalue weighted by Crippen LogP contribution is 2.36. The van der Waals surface area contributed by atoms with Gasteiger partial charge in [0.2, 0.25) is 0 Å². The summed E-state index contributed by atoms with van der Waals surface area (Å²) in [5.41, 5.74) is 2.27. The minimum absolute atomic E-state index is 0.00343. The third-order valence-corrected chi connectivity index (χ3v) is 5.34. The highest BCUT2D eigenvalue weighted by atomic mass is 16.5. The van der Waals surface area contributed by atoms with E-state index in [9.17, 15) is 4.79 Å². The zero-order valence-electron chi connectivity index (χ0n) is 15.2. The third-order valence-electron chi connectivity index (χ3n) is 5.34. The van der Waals surface area contributed by atoms with Gasteiger partial charge in [-0.15, -0.1) is 0 Å². The number of esters is 1. The van der Waals surface area contributed by atoms with Crippen LogP contribution in [0.1, 0.15) is 36.5 Å². The van der Waals surface area contributed by atoms with E-state index < -0.39 is 0 Å². The number of carbonyl (C=O) groups is 1. The Bertz CT molecular complexity index is 774. The van der Waals surface area contributed by atoms with Gasteiger partial charge in [-0.1, -0.05) is 36.4 Å². The topological polar surface area (TPSA) is 38.8 Å². The van der Waals surface area contributed by atoms with Gasteiger partial charge in [-0.3, -0.25) is 4.79 Å². The molecule has 2 aliphatic rings. The molecule has 136 valence electrons. The van der Waals surface area contributed by atoms with E-state index in [-0.39, 0.29) is 12.1 Å². The maximum Gasteiger partial charge on any atom is 0.311 e. The summed E-state index contributed by atoms with van der Waals surface area (Å²) in [4.78, 5) is 14.0. The van der Waals surface area contributed by atoms with Gasteiger partial charge in [-0.25, -0.2) is 0 Å². The molecule has 0 spiro atoms. The summed E-state index contributed by atoms with van der Waals surface area (Å²) in [6.45, 7) is 2.17. The van der Waals surface area contributed by atoms with Crippen LogP contribution in [0.5, 0.6) is 11.5 Å². The van der Waals surface area contributed by atoms with Crippen LogP contribution < -0.4 is 9.47 Å². The highest BCUT2D eigenvalue weighted by molar-refractivity contribution is 5.75. The fourth-order valence-electron chi connectivity index (χ4n) is 4.00. The summed E-state index contributed by atoms with van der Waals surface area (Å²) in [7, 11) is 2.17. The normalized spacial score (nSPS) is 21.6. The fraction of sp³-hybridized carbons (Fsp3) is 0.409. The molecule has 2 aromatic rings. The lowest BCUT2D eigenvalue weighted by Crippen LogP contribution is -2.36. The zero-order valence-corrected chi connectivity index (χ0v) is 15.2. The first-order chi connectivity index (χ1) is 12.7. The number of hydrogen-bond acceptors (Lipinski definition) is 4. The lowest BCUT2D eigenvalue weighted by atomic mass is 9.88.